The molecular weight excluding hydrogens is 376 g/mol. The molecule has 0 aromatic heterocycles. The van der Waals surface area contributed by atoms with Crippen molar-refractivity contribution in [1.82, 2.24) is 10.2 Å². The first-order valence-corrected chi connectivity index (χ1v) is 9.34. The van der Waals surface area contributed by atoms with E-state index >= 15 is 0 Å². The SMILES string of the molecule is C[C@@]12CCN(c3c(F)cc(C#Cc4ccccc4)cc3F)C(=O)N1CCNC2=O. The van der Waals surface area contributed by atoms with Crippen molar-refractivity contribution in [1.29, 1.82) is 0 Å². The summed E-state index contributed by atoms with van der Waals surface area (Å²) >= 11 is 0. The van der Waals surface area contributed by atoms with Gasteiger partial charge in [0.1, 0.15) is 11.2 Å². The molecular formula is C22H19F2N3O2. The number of halogens is 2. The summed E-state index contributed by atoms with van der Waals surface area (Å²) in [4.78, 5) is 27.6. The highest BCUT2D eigenvalue weighted by Gasteiger charge is 2.50. The Morgan fingerprint density at radius 1 is 1.00 bits per heavy atom. The number of rotatable bonds is 1. The van der Waals surface area contributed by atoms with Crippen LogP contribution in [0.3, 0.4) is 0 Å². The van der Waals surface area contributed by atoms with Gasteiger partial charge in [0, 0.05) is 30.8 Å². The zero-order valence-corrected chi connectivity index (χ0v) is 15.8. The van der Waals surface area contributed by atoms with Gasteiger partial charge in [-0.2, -0.15) is 0 Å². The lowest BCUT2D eigenvalue weighted by Crippen LogP contribution is -2.70. The van der Waals surface area contributed by atoms with E-state index in [1.807, 2.05) is 18.2 Å². The Morgan fingerprint density at radius 2 is 1.66 bits per heavy atom. The third kappa shape index (κ3) is 3.31. The monoisotopic (exact) mass is 395 g/mol. The van der Waals surface area contributed by atoms with Crippen LogP contribution in [0.5, 0.6) is 0 Å². The Balaban J connectivity index is 1.64. The van der Waals surface area contributed by atoms with Crippen molar-refractivity contribution in [2.75, 3.05) is 24.5 Å². The highest BCUT2D eigenvalue weighted by Crippen LogP contribution is 2.34. The first-order chi connectivity index (χ1) is 13.9. The van der Waals surface area contributed by atoms with Gasteiger partial charge in [0.05, 0.1) is 0 Å². The predicted molar refractivity (Wildman–Crippen MR) is 104 cm³/mol. The molecule has 29 heavy (non-hydrogen) atoms. The van der Waals surface area contributed by atoms with Crippen LogP contribution < -0.4 is 10.2 Å². The maximum atomic E-state index is 14.8. The number of carbonyl (C=O) groups is 2. The van der Waals surface area contributed by atoms with Gasteiger partial charge in [-0.3, -0.25) is 9.69 Å². The number of piperazine rings is 1. The second kappa shape index (κ2) is 7.21. The van der Waals surface area contributed by atoms with Crippen LogP contribution >= 0.6 is 0 Å². The molecule has 1 atom stereocenters. The van der Waals surface area contributed by atoms with Crippen molar-refractivity contribution < 1.29 is 18.4 Å². The third-order valence-electron chi connectivity index (χ3n) is 5.40. The zero-order valence-electron chi connectivity index (χ0n) is 15.8. The fourth-order valence-electron chi connectivity index (χ4n) is 3.74. The molecule has 148 valence electrons. The van der Waals surface area contributed by atoms with Gasteiger partial charge in [-0.15, -0.1) is 0 Å². The molecule has 1 N–H and O–H groups in total. The van der Waals surface area contributed by atoms with Crippen molar-refractivity contribution in [2.45, 2.75) is 18.9 Å². The normalized spacial score (nSPS) is 21.2. The lowest BCUT2D eigenvalue weighted by atomic mass is 9.89. The molecule has 2 aromatic rings. The Morgan fingerprint density at radius 3 is 2.34 bits per heavy atom. The number of amides is 3. The van der Waals surface area contributed by atoms with E-state index in [9.17, 15) is 18.4 Å². The van der Waals surface area contributed by atoms with Crippen molar-refractivity contribution in [3.63, 3.8) is 0 Å². The number of hydrogen-bond donors (Lipinski definition) is 1. The van der Waals surface area contributed by atoms with E-state index < -0.39 is 28.9 Å². The first-order valence-electron chi connectivity index (χ1n) is 9.34. The lowest BCUT2D eigenvalue weighted by molar-refractivity contribution is -0.134. The number of urea groups is 1. The van der Waals surface area contributed by atoms with E-state index in [0.29, 0.717) is 13.1 Å². The average Bonchev–Trinajstić information content (AvgIpc) is 2.70. The summed E-state index contributed by atoms with van der Waals surface area (Å²) in [7, 11) is 0. The van der Waals surface area contributed by atoms with Crippen LogP contribution in [0.1, 0.15) is 24.5 Å². The van der Waals surface area contributed by atoms with Crippen LogP contribution in [0.25, 0.3) is 0 Å². The van der Waals surface area contributed by atoms with Crippen LogP contribution in [-0.2, 0) is 4.79 Å². The number of nitrogens with zero attached hydrogens (tertiary/aromatic N) is 2. The summed E-state index contributed by atoms with van der Waals surface area (Å²) in [5, 5.41) is 2.74. The third-order valence-corrected chi connectivity index (χ3v) is 5.40. The highest BCUT2D eigenvalue weighted by molar-refractivity contribution is 6.00. The molecule has 2 aromatic carbocycles. The number of anilines is 1. The number of benzene rings is 2. The van der Waals surface area contributed by atoms with Gasteiger partial charge >= 0.3 is 6.03 Å². The van der Waals surface area contributed by atoms with E-state index in [-0.39, 0.29) is 24.4 Å². The van der Waals surface area contributed by atoms with Gasteiger partial charge in [0.25, 0.3) is 0 Å². The Labute approximate surface area is 167 Å². The van der Waals surface area contributed by atoms with Crippen LogP contribution in [0.15, 0.2) is 42.5 Å². The van der Waals surface area contributed by atoms with E-state index in [2.05, 4.69) is 17.2 Å². The number of carbonyl (C=O) groups excluding carboxylic acids is 2. The molecule has 2 fully saturated rings. The smallest absolute Gasteiger partial charge is 0.325 e. The van der Waals surface area contributed by atoms with Crippen molar-refractivity contribution >= 4 is 17.6 Å². The molecule has 2 heterocycles. The maximum absolute atomic E-state index is 14.8. The van der Waals surface area contributed by atoms with E-state index in [0.717, 1.165) is 22.6 Å². The Hall–Kier alpha value is -3.40. The molecule has 3 amide bonds. The largest absolute Gasteiger partial charge is 0.352 e. The standard InChI is InChI=1S/C22H19F2N3O2/c1-22-9-11-26(21(29)27(22)12-10-25-20(22)28)19-17(23)13-16(14-18(19)24)8-7-15-5-3-2-4-6-15/h2-6,13-14H,9-12H2,1H3,(H,25,28)/t22-/m0/s1. The van der Waals surface area contributed by atoms with Gasteiger partial charge in [-0.1, -0.05) is 30.0 Å². The summed E-state index contributed by atoms with van der Waals surface area (Å²) in [6, 6.07) is 10.8. The minimum Gasteiger partial charge on any atom is -0.352 e. The topological polar surface area (TPSA) is 52.7 Å². The summed E-state index contributed by atoms with van der Waals surface area (Å²) < 4.78 is 29.6. The minimum absolute atomic E-state index is 0.0438. The number of hydrogen-bond acceptors (Lipinski definition) is 2. The number of fused-ring (bicyclic) bond motifs is 1. The molecule has 7 heteroatoms. The van der Waals surface area contributed by atoms with Crippen LogP contribution in [0, 0.1) is 23.5 Å². The van der Waals surface area contributed by atoms with Crippen molar-refractivity contribution in [3.05, 3.63) is 65.2 Å². The molecule has 2 saturated heterocycles. The molecule has 0 unspecified atom stereocenters. The second-order valence-corrected chi connectivity index (χ2v) is 7.27. The average molecular weight is 395 g/mol. The Bertz CT molecular complexity index is 1020. The first kappa shape index (κ1) is 18.9. The molecule has 0 bridgehead atoms. The fraction of sp³-hybridized carbons (Fsp3) is 0.273. The summed E-state index contributed by atoms with van der Waals surface area (Å²) in [5.74, 6) is 3.63. The van der Waals surface area contributed by atoms with Gasteiger partial charge in [-0.25, -0.2) is 13.6 Å². The van der Waals surface area contributed by atoms with Gasteiger partial charge in [0.15, 0.2) is 11.6 Å². The molecule has 0 saturated carbocycles. The predicted octanol–water partition coefficient (Wildman–Crippen LogP) is 2.89. The molecule has 2 aliphatic heterocycles. The van der Waals surface area contributed by atoms with Crippen LogP contribution in [0.4, 0.5) is 19.3 Å². The van der Waals surface area contributed by atoms with Crippen molar-refractivity contribution in [3.8, 4) is 11.8 Å². The second-order valence-electron chi connectivity index (χ2n) is 7.27. The zero-order chi connectivity index (χ0) is 20.6. The number of nitrogens with one attached hydrogen (secondary N) is 1. The summed E-state index contributed by atoms with van der Waals surface area (Å²) in [6.07, 6.45) is 0.277. The molecule has 2 aliphatic rings. The van der Waals surface area contributed by atoms with Gasteiger partial charge < -0.3 is 10.2 Å². The molecule has 4 rings (SSSR count). The molecule has 0 spiro atoms. The van der Waals surface area contributed by atoms with Crippen LogP contribution in [-0.4, -0.2) is 42.0 Å². The minimum atomic E-state index is -1.00. The summed E-state index contributed by atoms with van der Waals surface area (Å²) in [6.45, 7) is 2.32. The van der Waals surface area contributed by atoms with Gasteiger partial charge in [0.2, 0.25) is 5.91 Å². The molecule has 0 aliphatic carbocycles. The Kier molecular flexibility index (Phi) is 4.71. The summed E-state index contributed by atoms with van der Waals surface area (Å²) in [5.41, 5.74) is -0.501. The molecule has 5 nitrogen and oxygen atoms in total. The van der Waals surface area contributed by atoms with Crippen LogP contribution in [0.2, 0.25) is 0 Å². The molecule has 0 radical (unpaired) electrons. The lowest BCUT2D eigenvalue weighted by Gasteiger charge is -2.49. The fourth-order valence-corrected chi connectivity index (χ4v) is 3.74. The highest BCUT2D eigenvalue weighted by atomic mass is 19.1. The van der Waals surface area contributed by atoms with E-state index in [1.165, 1.54) is 4.90 Å². The van der Waals surface area contributed by atoms with Gasteiger partial charge in [-0.05, 0) is 37.6 Å². The quantitative estimate of drug-likeness (QED) is 0.755. The van der Waals surface area contributed by atoms with E-state index in [1.54, 1.807) is 19.1 Å². The van der Waals surface area contributed by atoms with E-state index in [4.69, 9.17) is 0 Å². The van der Waals surface area contributed by atoms with Crippen molar-refractivity contribution in [2.24, 2.45) is 0 Å². The maximum Gasteiger partial charge on any atom is 0.325 e.